The van der Waals surface area contributed by atoms with Crippen molar-refractivity contribution in [2.45, 2.75) is 26.3 Å². The number of carbonyl (C=O) groups excluding carboxylic acids is 3. The number of rotatable bonds is 8. The van der Waals surface area contributed by atoms with Crippen LogP contribution < -0.4 is 5.32 Å². The van der Waals surface area contributed by atoms with Crippen LogP contribution in [-0.2, 0) is 23.9 Å². The van der Waals surface area contributed by atoms with E-state index in [-0.39, 0.29) is 5.92 Å². The predicted octanol–water partition coefficient (Wildman–Crippen LogP) is 2.71. The summed E-state index contributed by atoms with van der Waals surface area (Å²) in [6.45, 7) is 3.27. The molecule has 0 saturated heterocycles. The number of ether oxygens (including phenoxy) is 2. The van der Waals surface area contributed by atoms with Gasteiger partial charge in [0.05, 0.1) is 7.11 Å². The van der Waals surface area contributed by atoms with Crippen molar-refractivity contribution < 1.29 is 23.9 Å². The van der Waals surface area contributed by atoms with E-state index in [1.165, 1.54) is 13.2 Å². The zero-order chi connectivity index (χ0) is 18.8. The molecule has 1 aromatic rings. The van der Waals surface area contributed by atoms with Gasteiger partial charge in [0.1, 0.15) is 6.04 Å². The van der Waals surface area contributed by atoms with Crippen LogP contribution in [-0.4, -0.2) is 37.6 Å². The lowest BCUT2D eigenvalue weighted by Gasteiger charge is -2.21. The Labute approximate surface area is 155 Å². The van der Waals surface area contributed by atoms with Crippen LogP contribution >= 0.6 is 15.9 Å². The maximum absolute atomic E-state index is 11.9. The SMILES string of the molecule is CC[C@@H](C)[C@H](NC(=O)COC(=O)/C=C/c1ccc(Br)cc1)C(=O)OC. The molecule has 1 N–H and O–H groups in total. The summed E-state index contributed by atoms with van der Waals surface area (Å²) < 4.78 is 10.5. The fraction of sp³-hybridized carbons (Fsp3) is 0.389. The number of esters is 2. The number of methoxy groups -OCH3 is 1. The first-order chi connectivity index (χ1) is 11.9. The van der Waals surface area contributed by atoms with Gasteiger partial charge in [-0.25, -0.2) is 9.59 Å². The summed E-state index contributed by atoms with van der Waals surface area (Å²) in [6, 6.07) is 6.58. The fourth-order valence-corrected chi connectivity index (χ4v) is 2.20. The minimum atomic E-state index is -0.764. The molecular formula is C18H22BrNO5. The zero-order valence-corrected chi connectivity index (χ0v) is 16.0. The van der Waals surface area contributed by atoms with Gasteiger partial charge in [0.2, 0.25) is 0 Å². The second-order valence-electron chi connectivity index (χ2n) is 5.45. The summed E-state index contributed by atoms with van der Waals surface area (Å²) in [6.07, 6.45) is 3.52. The van der Waals surface area contributed by atoms with Gasteiger partial charge in [-0.05, 0) is 29.7 Å². The monoisotopic (exact) mass is 411 g/mol. The van der Waals surface area contributed by atoms with E-state index in [0.717, 1.165) is 10.0 Å². The highest BCUT2D eigenvalue weighted by Crippen LogP contribution is 2.11. The molecule has 0 spiro atoms. The lowest BCUT2D eigenvalue weighted by Crippen LogP contribution is -2.47. The molecule has 0 fully saturated rings. The van der Waals surface area contributed by atoms with Crippen LogP contribution in [0, 0.1) is 5.92 Å². The molecule has 0 unspecified atom stereocenters. The average Bonchev–Trinajstić information content (AvgIpc) is 2.62. The maximum atomic E-state index is 11.9. The van der Waals surface area contributed by atoms with Crippen molar-refractivity contribution >= 4 is 39.9 Å². The number of amides is 1. The second-order valence-corrected chi connectivity index (χ2v) is 6.36. The molecule has 1 amide bonds. The van der Waals surface area contributed by atoms with Crippen LogP contribution in [0.15, 0.2) is 34.8 Å². The molecule has 2 atom stereocenters. The quantitative estimate of drug-likeness (QED) is 0.525. The molecule has 0 aromatic heterocycles. The van der Waals surface area contributed by atoms with Crippen LogP contribution in [0.1, 0.15) is 25.8 Å². The first-order valence-electron chi connectivity index (χ1n) is 7.85. The molecule has 7 heteroatoms. The maximum Gasteiger partial charge on any atom is 0.331 e. The highest BCUT2D eigenvalue weighted by atomic mass is 79.9. The normalized spacial score (nSPS) is 13.1. The first-order valence-corrected chi connectivity index (χ1v) is 8.64. The van der Waals surface area contributed by atoms with Crippen molar-refractivity contribution in [3.8, 4) is 0 Å². The Hall–Kier alpha value is -2.15. The number of benzene rings is 1. The average molecular weight is 412 g/mol. The summed E-state index contributed by atoms with van der Waals surface area (Å²) in [5.74, 6) is -1.81. The van der Waals surface area contributed by atoms with E-state index in [2.05, 4.69) is 26.0 Å². The van der Waals surface area contributed by atoms with Crippen LogP contribution in [0.4, 0.5) is 0 Å². The summed E-state index contributed by atoms with van der Waals surface area (Å²) >= 11 is 3.32. The number of hydrogen-bond donors (Lipinski definition) is 1. The zero-order valence-electron chi connectivity index (χ0n) is 14.5. The van der Waals surface area contributed by atoms with Gasteiger partial charge in [0, 0.05) is 10.5 Å². The molecule has 25 heavy (non-hydrogen) atoms. The summed E-state index contributed by atoms with van der Waals surface area (Å²) in [7, 11) is 1.26. The number of halogens is 1. The van der Waals surface area contributed by atoms with E-state index in [1.807, 2.05) is 38.1 Å². The molecule has 1 aromatic carbocycles. The Morgan fingerprint density at radius 3 is 2.44 bits per heavy atom. The molecule has 0 heterocycles. The van der Waals surface area contributed by atoms with Crippen molar-refractivity contribution in [1.29, 1.82) is 0 Å². The molecule has 0 aliphatic heterocycles. The third-order valence-corrected chi connectivity index (χ3v) is 4.14. The highest BCUT2D eigenvalue weighted by Gasteiger charge is 2.26. The smallest absolute Gasteiger partial charge is 0.331 e. The predicted molar refractivity (Wildman–Crippen MR) is 97.5 cm³/mol. The summed E-state index contributed by atoms with van der Waals surface area (Å²) in [4.78, 5) is 35.3. The van der Waals surface area contributed by atoms with E-state index >= 15 is 0 Å². The molecule has 1 rings (SSSR count). The molecule has 6 nitrogen and oxygen atoms in total. The third kappa shape index (κ3) is 7.51. The Morgan fingerprint density at radius 2 is 1.88 bits per heavy atom. The van der Waals surface area contributed by atoms with Gasteiger partial charge in [-0.2, -0.15) is 0 Å². The van der Waals surface area contributed by atoms with E-state index in [0.29, 0.717) is 6.42 Å². The largest absolute Gasteiger partial charge is 0.467 e. The van der Waals surface area contributed by atoms with Crippen LogP contribution in [0.5, 0.6) is 0 Å². The van der Waals surface area contributed by atoms with Crippen molar-refractivity contribution in [1.82, 2.24) is 5.32 Å². The van der Waals surface area contributed by atoms with E-state index < -0.39 is 30.5 Å². The summed E-state index contributed by atoms with van der Waals surface area (Å²) in [5, 5.41) is 2.53. The first kappa shape index (κ1) is 20.9. The molecular weight excluding hydrogens is 390 g/mol. The van der Waals surface area contributed by atoms with Crippen molar-refractivity contribution in [2.75, 3.05) is 13.7 Å². The lowest BCUT2D eigenvalue weighted by molar-refractivity contribution is -0.148. The van der Waals surface area contributed by atoms with Gasteiger partial charge < -0.3 is 14.8 Å². The van der Waals surface area contributed by atoms with Gasteiger partial charge in [-0.15, -0.1) is 0 Å². The Morgan fingerprint density at radius 1 is 1.24 bits per heavy atom. The van der Waals surface area contributed by atoms with Gasteiger partial charge >= 0.3 is 11.9 Å². The standard InChI is InChI=1S/C18H22BrNO5/c1-4-12(2)17(18(23)24-3)20-15(21)11-25-16(22)10-7-13-5-8-14(19)9-6-13/h5-10,12,17H,4,11H2,1-3H3,(H,20,21)/b10-7+/t12-,17+/m1/s1. The fourth-order valence-electron chi connectivity index (χ4n) is 1.93. The Bertz CT molecular complexity index is 627. The van der Waals surface area contributed by atoms with Crippen molar-refractivity contribution in [3.05, 3.63) is 40.4 Å². The van der Waals surface area contributed by atoms with Gasteiger partial charge in [0.25, 0.3) is 5.91 Å². The molecule has 136 valence electrons. The van der Waals surface area contributed by atoms with Crippen molar-refractivity contribution in [3.63, 3.8) is 0 Å². The van der Waals surface area contributed by atoms with E-state index in [4.69, 9.17) is 4.74 Å². The number of nitrogens with one attached hydrogen (secondary N) is 1. The van der Waals surface area contributed by atoms with Gasteiger partial charge in [0.15, 0.2) is 6.61 Å². The lowest BCUT2D eigenvalue weighted by atomic mass is 9.99. The highest BCUT2D eigenvalue weighted by molar-refractivity contribution is 9.10. The van der Waals surface area contributed by atoms with Crippen LogP contribution in [0.2, 0.25) is 0 Å². The molecule has 0 radical (unpaired) electrons. The van der Waals surface area contributed by atoms with Crippen LogP contribution in [0.3, 0.4) is 0 Å². The number of carbonyl (C=O) groups is 3. The molecule has 0 bridgehead atoms. The van der Waals surface area contributed by atoms with E-state index in [9.17, 15) is 14.4 Å². The summed E-state index contributed by atoms with van der Waals surface area (Å²) in [5.41, 5.74) is 0.826. The Balaban J connectivity index is 2.50. The third-order valence-electron chi connectivity index (χ3n) is 3.61. The van der Waals surface area contributed by atoms with Crippen LogP contribution in [0.25, 0.3) is 6.08 Å². The molecule has 0 aliphatic rings. The topological polar surface area (TPSA) is 81.7 Å². The minimum Gasteiger partial charge on any atom is -0.467 e. The molecule has 0 saturated carbocycles. The minimum absolute atomic E-state index is 0.0931. The van der Waals surface area contributed by atoms with E-state index in [1.54, 1.807) is 6.08 Å². The second kappa shape index (κ2) is 10.7. The van der Waals surface area contributed by atoms with Crippen molar-refractivity contribution in [2.24, 2.45) is 5.92 Å². The van der Waals surface area contributed by atoms with Gasteiger partial charge in [-0.3, -0.25) is 4.79 Å². The Kier molecular flexibility index (Phi) is 8.91. The number of hydrogen-bond acceptors (Lipinski definition) is 5. The molecule has 0 aliphatic carbocycles. The van der Waals surface area contributed by atoms with Gasteiger partial charge in [-0.1, -0.05) is 48.3 Å².